The maximum absolute atomic E-state index is 13.1. The second-order valence-electron chi connectivity index (χ2n) is 9.13. The molecule has 0 spiro atoms. The van der Waals surface area contributed by atoms with Crippen molar-refractivity contribution in [2.24, 2.45) is 0 Å². The van der Waals surface area contributed by atoms with E-state index in [4.69, 9.17) is 9.47 Å². The Balaban J connectivity index is 1.45. The minimum absolute atomic E-state index is 0.0492. The van der Waals surface area contributed by atoms with Gasteiger partial charge < -0.3 is 20.1 Å². The summed E-state index contributed by atoms with van der Waals surface area (Å²) in [4.78, 5) is 25.1. The number of hydrogen-bond acceptors (Lipinski definition) is 4. The van der Waals surface area contributed by atoms with Gasteiger partial charge in [-0.15, -0.1) is 0 Å². The molecule has 0 unspecified atom stereocenters. The molecule has 6 heteroatoms. The molecular weight excluding hydrogens is 404 g/mol. The topological polar surface area (TPSA) is 76.7 Å². The first kappa shape index (κ1) is 22.2. The molecule has 2 amide bonds. The van der Waals surface area contributed by atoms with E-state index in [1.165, 1.54) is 5.56 Å². The Morgan fingerprint density at radius 1 is 1.09 bits per heavy atom. The molecule has 1 aliphatic heterocycles. The number of rotatable bonds is 6. The summed E-state index contributed by atoms with van der Waals surface area (Å²) in [5.41, 5.74) is 2.71. The number of carbonyl (C=O) groups excluding carboxylic acids is 2. The van der Waals surface area contributed by atoms with Crippen molar-refractivity contribution < 1.29 is 19.1 Å². The van der Waals surface area contributed by atoms with E-state index >= 15 is 0 Å². The van der Waals surface area contributed by atoms with Crippen LogP contribution in [0.15, 0.2) is 48.5 Å². The van der Waals surface area contributed by atoms with Gasteiger partial charge in [0.1, 0.15) is 11.9 Å². The fourth-order valence-corrected chi connectivity index (χ4v) is 4.78. The van der Waals surface area contributed by atoms with Crippen LogP contribution < -0.4 is 15.4 Å². The van der Waals surface area contributed by atoms with Gasteiger partial charge in [0.15, 0.2) is 0 Å². The predicted molar refractivity (Wildman–Crippen MR) is 123 cm³/mol. The van der Waals surface area contributed by atoms with Crippen molar-refractivity contribution in [1.82, 2.24) is 10.6 Å². The lowest BCUT2D eigenvalue weighted by Crippen LogP contribution is -2.45. The standard InChI is InChI=1S/C26H32N2O4/c1-18(2)28-25(30)32-21-11-14-26(15-12-21,20-8-4-3-5-9-20)17-27-24(29)22-10-6-7-19-13-16-31-23(19)22/h3-10,18,21H,11-17H2,1-2H3,(H,27,29)(H,28,30). The molecule has 2 aromatic carbocycles. The lowest BCUT2D eigenvalue weighted by Gasteiger charge is -2.40. The highest BCUT2D eigenvalue weighted by molar-refractivity contribution is 5.97. The highest BCUT2D eigenvalue weighted by Gasteiger charge is 2.38. The Kier molecular flexibility index (Phi) is 6.68. The average molecular weight is 437 g/mol. The number of benzene rings is 2. The molecule has 170 valence electrons. The van der Waals surface area contributed by atoms with Gasteiger partial charge in [0.25, 0.3) is 5.91 Å². The minimum atomic E-state index is -0.358. The molecule has 0 bridgehead atoms. The number of ether oxygens (including phenoxy) is 2. The molecule has 6 nitrogen and oxygen atoms in total. The van der Waals surface area contributed by atoms with Crippen LogP contribution in [0.4, 0.5) is 4.79 Å². The van der Waals surface area contributed by atoms with Crippen LogP contribution in [0.2, 0.25) is 0 Å². The van der Waals surface area contributed by atoms with Crippen LogP contribution in [0.25, 0.3) is 0 Å². The predicted octanol–water partition coefficient (Wildman–Crippen LogP) is 4.37. The van der Waals surface area contributed by atoms with Crippen molar-refractivity contribution in [3.8, 4) is 5.75 Å². The molecule has 0 atom stereocenters. The van der Waals surface area contributed by atoms with E-state index in [9.17, 15) is 9.59 Å². The molecule has 2 N–H and O–H groups in total. The number of fused-ring (bicyclic) bond motifs is 1. The van der Waals surface area contributed by atoms with Crippen LogP contribution in [0.5, 0.6) is 5.75 Å². The third-order valence-corrected chi connectivity index (χ3v) is 6.50. The summed E-state index contributed by atoms with van der Waals surface area (Å²) in [5.74, 6) is 0.612. The zero-order valence-corrected chi connectivity index (χ0v) is 18.9. The summed E-state index contributed by atoms with van der Waals surface area (Å²) >= 11 is 0. The van der Waals surface area contributed by atoms with E-state index in [1.54, 1.807) is 0 Å². The monoisotopic (exact) mass is 436 g/mol. The van der Waals surface area contributed by atoms with E-state index in [2.05, 4.69) is 22.8 Å². The molecular formula is C26H32N2O4. The zero-order chi connectivity index (χ0) is 22.6. The van der Waals surface area contributed by atoms with Gasteiger partial charge in [0, 0.05) is 24.4 Å². The Hall–Kier alpha value is -3.02. The molecule has 32 heavy (non-hydrogen) atoms. The molecule has 2 aromatic rings. The number of para-hydroxylation sites is 1. The lowest BCUT2D eigenvalue weighted by atomic mass is 9.68. The van der Waals surface area contributed by atoms with E-state index in [0.29, 0.717) is 24.5 Å². The van der Waals surface area contributed by atoms with Crippen molar-refractivity contribution in [3.63, 3.8) is 0 Å². The molecule has 1 aliphatic carbocycles. The van der Waals surface area contributed by atoms with Gasteiger partial charge in [-0.25, -0.2) is 4.79 Å². The van der Waals surface area contributed by atoms with Gasteiger partial charge in [-0.1, -0.05) is 42.5 Å². The molecule has 1 heterocycles. The Morgan fingerprint density at radius 2 is 1.84 bits per heavy atom. The smallest absolute Gasteiger partial charge is 0.407 e. The highest BCUT2D eigenvalue weighted by Crippen LogP contribution is 2.40. The van der Waals surface area contributed by atoms with Crippen molar-refractivity contribution in [1.29, 1.82) is 0 Å². The molecule has 4 rings (SSSR count). The second-order valence-corrected chi connectivity index (χ2v) is 9.13. The average Bonchev–Trinajstić information content (AvgIpc) is 3.28. The summed E-state index contributed by atoms with van der Waals surface area (Å²) in [6, 6.07) is 16.1. The summed E-state index contributed by atoms with van der Waals surface area (Å²) in [6.07, 6.45) is 3.58. The quantitative estimate of drug-likeness (QED) is 0.705. The first-order valence-electron chi connectivity index (χ1n) is 11.5. The summed E-state index contributed by atoms with van der Waals surface area (Å²) in [6.45, 7) is 4.99. The van der Waals surface area contributed by atoms with E-state index in [-0.39, 0.29) is 29.6 Å². The van der Waals surface area contributed by atoms with Gasteiger partial charge in [-0.3, -0.25) is 4.79 Å². The van der Waals surface area contributed by atoms with Crippen molar-refractivity contribution >= 4 is 12.0 Å². The zero-order valence-electron chi connectivity index (χ0n) is 18.9. The number of alkyl carbamates (subject to hydrolysis) is 1. The molecule has 1 saturated carbocycles. The van der Waals surface area contributed by atoms with E-state index < -0.39 is 0 Å². The number of nitrogens with one attached hydrogen (secondary N) is 2. The van der Waals surface area contributed by atoms with Crippen LogP contribution in [0.3, 0.4) is 0 Å². The number of carbonyl (C=O) groups is 2. The fourth-order valence-electron chi connectivity index (χ4n) is 4.78. The Morgan fingerprint density at radius 3 is 2.56 bits per heavy atom. The van der Waals surface area contributed by atoms with Gasteiger partial charge >= 0.3 is 6.09 Å². The van der Waals surface area contributed by atoms with Crippen molar-refractivity contribution in [3.05, 3.63) is 65.2 Å². The van der Waals surface area contributed by atoms with Crippen LogP contribution in [-0.2, 0) is 16.6 Å². The summed E-state index contributed by atoms with van der Waals surface area (Å²) in [7, 11) is 0. The van der Waals surface area contributed by atoms with Crippen LogP contribution >= 0.6 is 0 Å². The molecule has 0 aromatic heterocycles. The van der Waals surface area contributed by atoms with Gasteiger partial charge in [0.2, 0.25) is 0 Å². The maximum Gasteiger partial charge on any atom is 0.407 e. The highest BCUT2D eigenvalue weighted by atomic mass is 16.6. The third-order valence-electron chi connectivity index (χ3n) is 6.50. The molecule has 1 fully saturated rings. The number of amides is 2. The Labute approximate surface area is 189 Å². The number of hydrogen-bond donors (Lipinski definition) is 2. The van der Waals surface area contributed by atoms with Crippen molar-refractivity contribution in [2.45, 2.75) is 63.5 Å². The van der Waals surface area contributed by atoms with E-state index in [0.717, 1.165) is 37.7 Å². The molecule has 0 radical (unpaired) electrons. The normalized spacial score (nSPS) is 22.0. The van der Waals surface area contributed by atoms with Crippen LogP contribution in [0.1, 0.15) is 61.0 Å². The maximum atomic E-state index is 13.1. The Bertz CT molecular complexity index is 950. The van der Waals surface area contributed by atoms with Gasteiger partial charge in [0.05, 0.1) is 12.2 Å². The first-order chi connectivity index (χ1) is 15.5. The first-order valence-corrected chi connectivity index (χ1v) is 11.5. The fraction of sp³-hybridized carbons (Fsp3) is 0.462. The van der Waals surface area contributed by atoms with Crippen LogP contribution in [0, 0.1) is 0 Å². The molecule has 0 saturated heterocycles. The van der Waals surface area contributed by atoms with Crippen molar-refractivity contribution in [2.75, 3.05) is 13.2 Å². The molecule has 2 aliphatic rings. The summed E-state index contributed by atoms with van der Waals surface area (Å²) in [5, 5.41) is 5.97. The lowest BCUT2D eigenvalue weighted by molar-refractivity contribution is 0.0553. The van der Waals surface area contributed by atoms with E-state index in [1.807, 2.05) is 50.2 Å². The summed E-state index contributed by atoms with van der Waals surface area (Å²) < 4.78 is 11.3. The third kappa shape index (κ3) is 4.90. The SMILES string of the molecule is CC(C)NC(=O)OC1CCC(CNC(=O)c2cccc3c2OCC3)(c2ccccc2)CC1. The van der Waals surface area contributed by atoms with Crippen LogP contribution in [-0.4, -0.2) is 37.3 Å². The second kappa shape index (κ2) is 9.63. The minimum Gasteiger partial charge on any atom is -0.492 e. The van der Waals surface area contributed by atoms with Gasteiger partial charge in [-0.2, -0.15) is 0 Å². The largest absolute Gasteiger partial charge is 0.492 e. The van der Waals surface area contributed by atoms with Gasteiger partial charge in [-0.05, 0) is 56.7 Å².